The number of amides is 1. The predicted molar refractivity (Wildman–Crippen MR) is 74.1 cm³/mol. The van der Waals surface area contributed by atoms with Gasteiger partial charge in [0.05, 0.1) is 5.69 Å². The Kier molecular flexibility index (Phi) is 3.69. The van der Waals surface area contributed by atoms with E-state index in [0.29, 0.717) is 5.82 Å². The molecule has 19 heavy (non-hydrogen) atoms. The first-order valence-electron chi connectivity index (χ1n) is 6.35. The van der Waals surface area contributed by atoms with Crippen molar-refractivity contribution in [1.82, 2.24) is 19.9 Å². The molecule has 0 spiro atoms. The van der Waals surface area contributed by atoms with Gasteiger partial charge >= 0.3 is 0 Å². The molecular formula is C13H19N5O. The van der Waals surface area contributed by atoms with E-state index in [1.807, 2.05) is 33.8 Å². The second-order valence-electron chi connectivity index (χ2n) is 4.92. The monoisotopic (exact) mass is 261 g/mol. The van der Waals surface area contributed by atoms with Gasteiger partial charge in [-0.3, -0.25) is 4.79 Å². The highest BCUT2D eigenvalue weighted by Gasteiger charge is 2.15. The molecule has 0 aliphatic heterocycles. The van der Waals surface area contributed by atoms with Gasteiger partial charge in [-0.15, -0.1) is 0 Å². The molecular weight excluding hydrogens is 242 g/mol. The number of fused-ring (bicyclic) bond motifs is 1. The van der Waals surface area contributed by atoms with Crippen LogP contribution in [0.15, 0.2) is 18.5 Å². The summed E-state index contributed by atoms with van der Waals surface area (Å²) in [7, 11) is 0. The normalized spacial score (nSPS) is 12.7. The van der Waals surface area contributed by atoms with E-state index in [0.717, 1.165) is 11.2 Å². The number of nitrogens with one attached hydrogen (secondary N) is 2. The van der Waals surface area contributed by atoms with Crippen LogP contribution in [0.25, 0.3) is 5.52 Å². The number of nitrogens with zero attached hydrogens (tertiary/aromatic N) is 3. The Bertz CT molecular complexity index is 590. The van der Waals surface area contributed by atoms with Gasteiger partial charge in [-0.05, 0) is 33.8 Å². The van der Waals surface area contributed by atoms with Crippen LogP contribution in [0.3, 0.4) is 0 Å². The first-order valence-corrected chi connectivity index (χ1v) is 6.35. The Hall–Kier alpha value is -2.11. The first-order chi connectivity index (χ1) is 8.97. The number of aryl methyl sites for hydroxylation is 1. The number of anilines is 1. The van der Waals surface area contributed by atoms with Crippen LogP contribution in [-0.4, -0.2) is 32.6 Å². The fourth-order valence-corrected chi connectivity index (χ4v) is 1.84. The Morgan fingerprint density at radius 1 is 1.37 bits per heavy atom. The second kappa shape index (κ2) is 5.26. The van der Waals surface area contributed by atoms with Gasteiger partial charge in [0.15, 0.2) is 5.82 Å². The standard InChI is InChI=1S/C13H19N5O/c1-8(2)15-13(19)10(4)16-12-11-7-9(3)17-18(11)6-5-14-12/h5-8,10H,1-4H3,(H,14,16)(H,15,19). The zero-order chi connectivity index (χ0) is 14.0. The summed E-state index contributed by atoms with van der Waals surface area (Å²) in [6.07, 6.45) is 3.45. The molecule has 0 aliphatic carbocycles. The summed E-state index contributed by atoms with van der Waals surface area (Å²) in [5, 5.41) is 10.3. The lowest BCUT2D eigenvalue weighted by Crippen LogP contribution is -2.41. The average Bonchev–Trinajstić information content (AvgIpc) is 2.69. The van der Waals surface area contributed by atoms with E-state index in [-0.39, 0.29) is 18.0 Å². The van der Waals surface area contributed by atoms with Crippen molar-refractivity contribution < 1.29 is 4.79 Å². The summed E-state index contributed by atoms with van der Waals surface area (Å²) in [4.78, 5) is 16.1. The SMILES string of the molecule is Cc1cc2c(NC(C)C(=O)NC(C)C)nccn2n1. The van der Waals surface area contributed by atoms with E-state index in [4.69, 9.17) is 0 Å². The molecule has 0 saturated carbocycles. The highest BCUT2D eigenvalue weighted by Crippen LogP contribution is 2.15. The molecule has 0 radical (unpaired) electrons. The molecule has 102 valence electrons. The molecule has 6 heteroatoms. The van der Waals surface area contributed by atoms with Crippen LogP contribution >= 0.6 is 0 Å². The van der Waals surface area contributed by atoms with Gasteiger partial charge in [-0.2, -0.15) is 5.10 Å². The van der Waals surface area contributed by atoms with Crippen LogP contribution in [0.5, 0.6) is 0 Å². The quantitative estimate of drug-likeness (QED) is 0.872. The minimum absolute atomic E-state index is 0.0463. The van der Waals surface area contributed by atoms with Crippen molar-refractivity contribution >= 4 is 17.2 Å². The molecule has 2 rings (SSSR count). The molecule has 2 N–H and O–H groups in total. The van der Waals surface area contributed by atoms with E-state index in [9.17, 15) is 4.79 Å². The Morgan fingerprint density at radius 2 is 2.11 bits per heavy atom. The third kappa shape index (κ3) is 3.01. The van der Waals surface area contributed by atoms with Crippen LogP contribution in [0.1, 0.15) is 26.5 Å². The van der Waals surface area contributed by atoms with Crippen molar-refractivity contribution in [1.29, 1.82) is 0 Å². The molecule has 2 aromatic rings. The predicted octanol–water partition coefficient (Wildman–Crippen LogP) is 1.36. The van der Waals surface area contributed by atoms with E-state index in [1.54, 1.807) is 16.9 Å². The number of hydrogen-bond acceptors (Lipinski definition) is 4. The Balaban J connectivity index is 2.19. The smallest absolute Gasteiger partial charge is 0.242 e. The van der Waals surface area contributed by atoms with E-state index in [1.165, 1.54) is 0 Å². The summed E-state index contributed by atoms with van der Waals surface area (Å²) in [6.45, 7) is 7.60. The zero-order valence-corrected chi connectivity index (χ0v) is 11.6. The van der Waals surface area contributed by atoms with Crippen LogP contribution < -0.4 is 10.6 Å². The largest absolute Gasteiger partial charge is 0.357 e. The summed E-state index contributed by atoms with van der Waals surface area (Å²) in [6, 6.07) is 1.71. The first kappa shape index (κ1) is 13.3. The van der Waals surface area contributed by atoms with Crippen LogP contribution in [0.4, 0.5) is 5.82 Å². The van der Waals surface area contributed by atoms with Gasteiger partial charge in [-0.1, -0.05) is 0 Å². The maximum absolute atomic E-state index is 11.9. The molecule has 2 heterocycles. The molecule has 1 amide bonds. The van der Waals surface area contributed by atoms with Gasteiger partial charge in [0.1, 0.15) is 11.6 Å². The van der Waals surface area contributed by atoms with Crippen molar-refractivity contribution in [3.8, 4) is 0 Å². The summed E-state index contributed by atoms with van der Waals surface area (Å²) >= 11 is 0. The number of aromatic nitrogens is 3. The van der Waals surface area contributed by atoms with Gasteiger partial charge in [0.2, 0.25) is 5.91 Å². The lowest BCUT2D eigenvalue weighted by Gasteiger charge is -2.16. The minimum atomic E-state index is -0.351. The summed E-state index contributed by atoms with van der Waals surface area (Å²) in [5.74, 6) is 0.615. The number of rotatable bonds is 4. The fourth-order valence-electron chi connectivity index (χ4n) is 1.84. The maximum Gasteiger partial charge on any atom is 0.242 e. The zero-order valence-electron chi connectivity index (χ0n) is 11.6. The number of carbonyl (C=O) groups is 1. The molecule has 0 bridgehead atoms. The van der Waals surface area contributed by atoms with Crippen LogP contribution in [-0.2, 0) is 4.79 Å². The molecule has 0 fully saturated rings. The Morgan fingerprint density at radius 3 is 2.79 bits per heavy atom. The number of carbonyl (C=O) groups excluding carboxylic acids is 1. The lowest BCUT2D eigenvalue weighted by atomic mass is 10.2. The lowest BCUT2D eigenvalue weighted by molar-refractivity contribution is -0.122. The highest BCUT2D eigenvalue weighted by molar-refractivity contribution is 5.85. The van der Waals surface area contributed by atoms with E-state index < -0.39 is 0 Å². The minimum Gasteiger partial charge on any atom is -0.357 e. The van der Waals surface area contributed by atoms with E-state index >= 15 is 0 Å². The molecule has 0 aliphatic rings. The van der Waals surface area contributed by atoms with Gasteiger partial charge in [-0.25, -0.2) is 9.50 Å². The van der Waals surface area contributed by atoms with Crippen molar-refractivity contribution in [3.05, 3.63) is 24.2 Å². The van der Waals surface area contributed by atoms with Crippen LogP contribution in [0.2, 0.25) is 0 Å². The molecule has 6 nitrogen and oxygen atoms in total. The van der Waals surface area contributed by atoms with Gasteiger partial charge < -0.3 is 10.6 Å². The molecule has 0 aromatic carbocycles. The average molecular weight is 261 g/mol. The Labute approximate surface area is 112 Å². The number of hydrogen-bond donors (Lipinski definition) is 2. The van der Waals surface area contributed by atoms with E-state index in [2.05, 4.69) is 20.7 Å². The third-order valence-corrected chi connectivity index (χ3v) is 2.69. The van der Waals surface area contributed by atoms with Crippen molar-refractivity contribution in [2.24, 2.45) is 0 Å². The third-order valence-electron chi connectivity index (χ3n) is 2.69. The molecule has 1 atom stereocenters. The van der Waals surface area contributed by atoms with Crippen molar-refractivity contribution in [3.63, 3.8) is 0 Å². The van der Waals surface area contributed by atoms with Gasteiger partial charge in [0.25, 0.3) is 0 Å². The second-order valence-corrected chi connectivity index (χ2v) is 4.92. The molecule has 1 unspecified atom stereocenters. The molecule has 2 aromatic heterocycles. The highest BCUT2D eigenvalue weighted by atomic mass is 16.2. The van der Waals surface area contributed by atoms with Crippen molar-refractivity contribution in [2.75, 3.05) is 5.32 Å². The van der Waals surface area contributed by atoms with Crippen molar-refractivity contribution in [2.45, 2.75) is 39.8 Å². The van der Waals surface area contributed by atoms with Gasteiger partial charge in [0, 0.05) is 18.4 Å². The maximum atomic E-state index is 11.9. The fraction of sp³-hybridized carbons (Fsp3) is 0.462. The van der Waals surface area contributed by atoms with Crippen LogP contribution in [0, 0.1) is 6.92 Å². The molecule has 0 saturated heterocycles. The summed E-state index contributed by atoms with van der Waals surface area (Å²) < 4.78 is 1.75. The summed E-state index contributed by atoms with van der Waals surface area (Å²) in [5.41, 5.74) is 1.78. The topological polar surface area (TPSA) is 71.3 Å².